The first-order chi connectivity index (χ1) is 9.74. The zero-order chi connectivity index (χ0) is 14.2. The van der Waals surface area contributed by atoms with Crippen molar-refractivity contribution in [2.45, 2.75) is 13.0 Å². The lowest BCUT2D eigenvalue weighted by Crippen LogP contribution is -2.30. The molecule has 0 aliphatic carbocycles. The van der Waals surface area contributed by atoms with Gasteiger partial charge in [-0.1, -0.05) is 6.07 Å². The summed E-state index contributed by atoms with van der Waals surface area (Å²) in [4.78, 5) is 11.6. The summed E-state index contributed by atoms with van der Waals surface area (Å²) in [6, 6.07) is 8.87. The van der Waals surface area contributed by atoms with Crippen LogP contribution in [0.1, 0.15) is 6.42 Å². The Kier molecular flexibility index (Phi) is 5.00. The maximum Gasteiger partial charge on any atom is 0.257 e. The van der Waals surface area contributed by atoms with Crippen molar-refractivity contribution in [2.24, 2.45) is 0 Å². The third-order valence-electron chi connectivity index (χ3n) is 2.67. The Bertz CT molecular complexity index is 540. The van der Waals surface area contributed by atoms with Gasteiger partial charge in [0.25, 0.3) is 5.91 Å². The summed E-state index contributed by atoms with van der Waals surface area (Å²) in [5, 5.41) is 6.88. The lowest BCUT2D eigenvalue weighted by atomic mass is 10.3. The fourth-order valence-electron chi connectivity index (χ4n) is 1.71. The molecule has 0 unspecified atom stereocenters. The van der Waals surface area contributed by atoms with Gasteiger partial charge in [0, 0.05) is 37.2 Å². The second kappa shape index (κ2) is 7.18. The Morgan fingerprint density at radius 3 is 3.05 bits per heavy atom. The number of anilines is 1. The van der Waals surface area contributed by atoms with E-state index in [2.05, 4.69) is 10.4 Å². The molecule has 0 atom stereocenters. The van der Waals surface area contributed by atoms with Gasteiger partial charge in [-0.05, 0) is 24.6 Å². The van der Waals surface area contributed by atoms with Gasteiger partial charge in [0.05, 0.1) is 0 Å². The smallest absolute Gasteiger partial charge is 0.257 e. The average molecular weight is 274 g/mol. The highest BCUT2D eigenvalue weighted by Crippen LogP contribution is 2.13. The van der Waals surface area contributed by atoms with Crippen LogP contribution in [0.4, 0.5) is 5.69 Å². The molecule has 1 aromatic carbocycles. The highest BCUT2D eigenvalue weighted by atomic mass is 16.5. The SMILES string of the molecule is Nc1cccc(OCC(=O)NCCCn2cccn2)c1. The number of benzene rings is 1. The molecule has 2 rings (SSSR count). The number of aryl methyl sites for hydroxylation is 1. The fourth-order valence-corrected chi connectivity index (χ4v) is 1.71. The number of carbonyl (C=O) groups is 1. The van der Waals surface area contributed by atoms with Gasteiger partial charge in [-0.2, -0.15) is 5.10 Å². The molecular weight excluding hydrogens is 256 g/mol. The summed E-state index contributed by atoms with van der Waals surface area (Å²) in [6.07, 6.45) is 4.45. The van der Waals surface area contributed by atoms with E-state index in [9.17, 15) is 4.79 Å². The van der Waals surface area contributed by atoms with Gasteiger partial charge in [0.2, 0.25) is 0 Å². The first-order valence-electron chi connectivity index (χ1n) is 6.46. The van der Waals surface area contributed by atoms with Crippen molar-refractivity contribution >= 4 is 11.6 Å². The lowest BCUT2D eigenvalue weighted by Gasteiger charge is -2.08. The highest BCUT2D eigenvalue weighted by Gasteiger charge is 2.02. The summed E-state index contributed by atoms with van der Waals surface area (Å²) in [5.74, 6) is 0.449. The van der Waals surface area contributed by atoms with E-state index in [0.29, 0.717) is 18.0 Å². The molecule has 6 nitrogen and oxygen atoms in total. The summed E-state index contributed by atoms with van der Waals surface area (Å²) in [7, 11) is 0. The molecule has 0 fully saturated rings. The van der Waals surface area contributed by atoms with E-state index in [1.54, 1.807) is 30.5 Å². The van der Waals surface area contributed by atoms with Crippen molar-refractivity contribution in [3.63, 3.8) is 0 Å². The molecule has 6 heteroatoms. The average Bonchev–Trinajstić information content (AvgIpc) is 2.95. The number of hydrogen-bond acceptors (Lipinski definition) is 4. The van der Waals surface area contributed by atoms with Crippen molar-refractivity contribution in [1.29, 1.82) is 0 Å². The van der Waals surface area contributed by atoms with E-state index in [1.807, 2.05) is 16.9 Å². The van der Waals surface area contributed by atoms with Gasteiger partial charge in [-0.15, -0.1) is 0 Å². The fraction of sp³-hybridized carbons (Fsp3) is 0.286. The van der Waals surface area contributed by atoms with Gasteiger partial charge in [0.1, 0.15) is 5.75 Å². The molecule has 0 radical (unpaired) electrons. The van der Waals surface area contributed by atoms with E-state index >= 15 is 0 Å². The number of aromatic nitrogens is 2. The first-order valence-corrected chi connectivity index (χ1v) is 6.46. The maximum absolute atomic E-state index is 11.6. The Labute approximate surface area is 117 Å². The summed E-state index contributed by atoms with van der Waals surface area (Å²) in [5.41, 5.74) is 6.23. The molecule has 1 aromatic heterocycles. The van der Waals surface area contributed by atoms with Crippen LogP contribution < -0.4 is 15.8 Å². The van der Waals surface area contributed by atoms with E-state index < -0.39 is 0 Å². The van der Waals surface area contributed by atoms with Gasteiger partial charge in [-0.25, -0.2) is 0 Å². The summed E-state index contributed by atoms with van der Waals surface area (Å²) < 4.78 is 7.17. The van der Waals surface area contributed by atoms with Crippen LogP contribution in [0.3, 0.4) is 0 Å². The number of hydrogen-bond donors (Lipinski definition) is 2. The number of nitrogens with one attached hydrogen (secondary N) is 1. The molecule has 1 amide bonds. The van der Waals surface area contributed by atoms with Crippen molar-refractivity contribution in [1.82, 2.24) is 15.1 Å². The van der Waals surface area contributed by atoms with Crippen LogP contribution in [0.15, 0.2) is 42.7 Å². The Balaban J connectivity index is 1.61. The van der Waals surface area contributed by atoms with Crippen molar-refractivity contribution in [2.75, 3.05) is 18.9 Å². The monoisotopic (exact) mass is 274 g/mol. The molecule has 0 aliphatic rings. The second-order valence-electron chi connectivity index (χ2n) is 4.33. The topological polar surface area (TPSA) is 82.2 Å². The summed E-state index contributed by atoms with van der Waals surface area (Å²) >= 11 is 0. The molecule has 20 heavy (non-hydrogen) atoms. The number of nitrogens with two attached hydrogens (primary N) is 1. The van der Waals surface area contributed by atoms with E-state index in [0.717, 1.165) is 13.0 Å². The van der Waals surface area contributed by atoms with Gasteiger partial charge in [0.15, 0.2) is 6.61 Å². The lowest BCUT2D eigenvalue weighted by molar-refractivity contribution is -0.123. The number of carbonyl (C=O) groups excluding carboxylic acids is 1. The Morgan fingerprint density at radius 2 is 2.30 bits per heavy atom. The predicted molar refractivity (Wildman–Crippen MR) is 76.2 cm³/mol. The van der Waals surface area contributed by atoms with E-state index in [4.69, 9.17) is 10.5 Å². The molecule has 0 bridgehead atoms. The van der Waals surface area contributed by atoms with Gasteiger partial charge >= 0.3 is 0 Å². The third kappa shape index (κ3) is 4.64. The quantitative estimate of drug-likeness (QED) is 0.584. The molecule has 0 aliphatic heterocycles. The molecule has 2 aromatic rings. The zero-order valence-electron chi connectivity index (χ0n) is 11.2. The van der Waals surface area contributed by atoms with Crippen LogP contribution >= 0.6 is 0 Å². The van der Waals surface area contributed by atoms with E-state index in [-0.39, 0.29) is 12.5 Å². The third-order valence-corrected chi connectivity index (χ3v) is 2.67. The normalized spacial score (nSPS) is 10.2. The Morgan fingerprint density at radius 1 is 1.40 bits per heavy atom. The highest BCUT2D eigenvalue weighted by molar-refractivity contribution is 5.77. The number of amides is 1. The van der Waals surface area contributed by atoms with Crippen molar-refractivity contribution < 1.29 is 9.53 Å². The van der Waals surface area contributed by atoms with E-state index in [1.165, 1.54) is 0 Å². The minimum Gasteiger partial charge on any atom is -0.484 e. The van der Waals surface area contributed by atoms with Crippen molar-refractivity contribution in [3.05, 3.63) is 42.7 Å². The molecule has 0 spiro atoms. The number of ether oxygens (including phenoxy) is 1. The second-order valence-corrected chi connectivity index (χ2v) is 4.33. The first kappa shape index (κ1) is 13.9. The molecule has 0 saturated carbocycles. The van der Waals surface area contributed by atoms with Crippen LogP contribution in [0.25, 0.3) is 0 Å². The number of nitrogen functional groups attached to an aromatic ring is 1. The van der Waals surface area contributed by atoms with Gasteiger partial charge in [-0.3, -0.25) is 9.48 Å². The van der Waals surface area contributed by atoms with Crippen LogP contribution in [0, 0.1) is 0 Å². The Hall–Kier alpha value is -2.50. The predicted octanol–water partition coefficient (Wildman–Crippen LogP) is 1.05. The molecule has 0 saturated heterocycles. The van der Waals surface area contributed by atoms with Crippen LogP contribution in [0.5, 0.6) is 5.75 Å². The number of nitrogens with zero attached hydrogens (tertiary/aromatic N) is 2. The minimum absolute atomic E-state index is 0.00871. The number of rotatable bonds is 7. The molecule has 1 heterocycles. The molecule has 106 valence electrons. The zero-order valence-corrected chi connectivity index (χ0v) is 11.2. The van der Waals surface area contributed by atoms with Crippen LogP contribution in [0.2, 0.25) is 0 Å². The molecule has 3 N–H and O–H groups in total. The summed E-state index contributed by atoms with van der Waals surface area (Å²) in [6.45, 7) is 1.37. The minimum atomic E-state index is -0.145. The maximum atomic E-state index is 11.6. The van der Waals surface area contributed by atoms with Crippen LogP contribution in [-0.2, 0) is 11.3 Å². The standard InChI is InChI=1S/C14H18N4O2/c15-12-4-1-5-13(10-12)20-11-14(19)16-6-2-8-18-9-3-7-17-18/h1,3-5,7,9-10H,2,6,8,11,15H2,(H,16,19). The van der Waals surface area contributed by atoms with Crippen molar-refractivity contribution in [3.8, 4) is 5.75 Å². The largest absolute Gasteiger partial charge is 0.484 e. The molecular formula is C14H18N4O2. The van der Waals surface area contributed by atoms with Crippen LogP contribution in [-0.4, -0.2) is 28.8 Å². The van der Waals surface area contributed by atoms with Gasteiger partial charge < -0.3 is 15.8 Å².